The van der Waals surface area contributed by atoms with Gasteiger partial charge in [0.15, 0.2) is 0 Å². The normalized spacial score (nSPS) is 10.3. The van der Waals surface area contributed by atoms with Crippen LogP contribution in [0.25, 0.3) is 11.4 Å². The van der Waals surface area contributed by atoms with Crippen molar-refractivity contribution in [2.45, 2.75) is 6.61 Å². The van der Waals surface area contributed by atoms with Gasteiger partial charge in [0, 0.05) is 24.4 Å². The van der Waals surface area contributed by atoms with E-state index in [-0.39, 0.29) is 0 Å². The molecule has 20 heavy (non-hydrogen) atoms. The first-order valence-electron chi connectivity index (χ1n) is 5.99. The number of nitrogens with zero attached hydrogens (tertiary/aromatic N) is 1. The van der Waals surface area contributed by atoms with Crippen molar-refractivity contribution in [1.29, 1.82) is 0 Å². The Labute approximate surface area is 122 Å². The quantitative estimate of drug-likeness (QED) is 0.859. The fourth-order valence-electron chi connectivity index (χ4n) is 1.82. The fourth-order valence-corrected chi connectivity index (χ4v) is 2.06. The van der Waals surface area contributed by atoms with Crippen LogP contribution in [0.4, 0.5) is 0 Å². The first-order chi connectivity index (χ1) is 9.66. The number of ether oxygens (including phenoxy) is 3. The van der Waals surface area contributed by atoms with Gasteiger partial charge in [0.2, 0.25) is 0 Å². The molecular formula is C14H16N2O3S. The molecule has 0 amide bonds. The summed E-state index contributed by atoms with van der Waals surface area (Å²) in [6.45, 7) is 0.445. The second-order valence-corrected chi connectivity index (χ2v) is 4.55. The minimum atomic E-state index is 0.445. The summed E-state index contributed by atoms with van der Waals surface area (Å²) in [5, 5.41) is 0. The Morgan fingerprint density at radius 3 is 2.25 bits per heavy atom. The topological polar surface area (TPSA) is 56.4 Å². The summed E-state index contributed by atoms with van der Waals surface area (Å²) in [7, 11) is 4.84. The minimum Gasteiger partial charge on any atom is -0.497 e. The zero-order valence-corrected chi connectivity index (χ0v) is 12.4. The van der Waals surface area contributed by atoms with E-state index in [4.69, 9.17) is 26.4 Å². The zero-order chi connectivity index (χ0) is 14.5. The average Bonchev–Trinajstić information content (AvgIpc) is 2.46. The van der Waals surface area contributed by atoms with E-state index in [2.05, 4.69) is 9.97 Å². The molecule has 6 heteroatoms. The van der Waals surface area contributed by atoms with Crippen LogP contribution in [0.15, 0.2) is 24.3 Å². The second-order valence-electron chi connectivity index (χ2n) is 4.13. The molecule has 1 heterocycles. The predicted octanol–water partition coefficient (Wildman–Crippen LogP) is 2.97. The van der Waals surface area contributed by atoms with Gasteiger partial charge >= 0.3 is 0 Å². The van der Waals surface area contributed by atoms with Crippen molar-refractivity contribution in [3.05, 3.63) is 34.6 Å². The van der Waals surface area contributed by atoms with Crippen molar-refractivity contribution in [3.8, 4) is 22.9 Å². The number of methoxy groups -OCH3 is 3. The van der Waals surface area contributed by atoms with Crippen LogP contribution >= 0.6 is 12.2 Å². The largest absolute Gasteiger partial charge is 0.497 e. The van der Waals surface area contributed by atoms with Crippen LogP contribution < -0.4 is 9.47 Å². The Kier molecular flexibility index (Phi) is 4.70. The molecule has 1 aromatic carbocycles. The molecule has 2 rings (SSSR count). The number of rotatable bonds is 5. The second kappa shape index (κ2) is 6.49. The highest BCUT2D eigenvalue weighted by Crippen LogP contribution is 2.27. The summed E-state index contributed by atoms with van der Waals surface area (Å²) in [5.41, 5.74) is 1.70. The van der Waals surface area contributed by atoms with Crippen LogP contribution in [0.3, 0.4) is 0 Å². The summed E-state index contributed by atoms with van der Waals surface area (Å²) in [6, 6.07) is 7.32. The number of aromatic nitrogens is 2. The summed E-state index contributed by atoms with van der Waals surface area (Å²) in [6.07, 6.45) is 0. The van der Waals surface area contributed by atoms with E-state index in [1.807, 2.05) is 12.1 Å². The highest BCUT2D eigenvalue weighted by atomic mass is 32.1. The van der Waals surface area contributed by atoms with Crippen LogP contribution in [0, 0.1) is 4.64 Å². The molecular weight excluding hydrogens is 276 g/mol. The molecule has 0 spiro atoms. The molecule has 5 nitrogen and oxygen atoms in total. The van der Waals surface area contributed by atoms with Crippen molar-refractivity contribution in [3.63, 3.8) is 0 Å². The Morgan fingerprint density at radius 1 is 1.05 bits per heavy atom. The SMILES string of the molecule is COCc1cc(=S)nc(-c2cc(OC)cc(OC)c2)[nH]1. The molecule has 0 saturated heterocycles. The van der Waals surface area contributed by atoms with E-state index in [1.54, 1.807) is 33.5 Å². The molecule has 0 radical (unpaired) electrons. The number of benzene rings is 1. The third-order valence-corrected chi connectivity index (χ3v) is 2.93. The van der Waals surface area contributed by atoms with E-state index in [1.165, 1.54) is 0 Å². The smallest absolute Gasteiger partial charge is 0.139 e. The van der Waals surface area contributed by atoms with Gasteiger partial charge in [-0.25, -0.2) is 4.98 Å². The Bertz CT molecular complexity index is 633. The van der Waals surface area contributed by atoms with Gasteiger partial charge < -0.3 is 19.2 Å². The molecule has 0 aliphatic heterocycles. The van der Waals surface area contributed by atoms with E-state index in [0.717, 1.165) is 11.3 Å². The fraction of sp³-hybridized carbons (Fsp3) is 0.286. The standard InChI is InChI=1S/C14H16N2O3S/c1-17-8-10-6-13(20)16-14(15-10)9-4-11(18-2)7-12(5-9)19-3/h4-7H,8H2,1-3H3,(H,15,16,20). The van der Waals surface area contributed by atoms with Crippen molar-refractivity contribution < 1.29 is 14.2 Å². The molecule has 1 N–H and O–H groups in total. The molecule has 0 bridgehead atoms. The molecule has 0 fully saturated rings. The molecule has 0 atom stereocenters. The molecule has 0 saturated carbocycles. The maximum Gasteiger partial charge on any atom is 0.139 e. The summed E-state index contributed by atoms with van der Waals surface area (Å²) in [4.78, 5) is 7.52. The van der Waals surface area contributed by atoms with Crippen LogP contribution in [0.5, 0.6) is 11.5 Å². The van der Waals surface area contributed by atoms with Gasteiger partial charge in [0.1, 0.15) is 22.0 Å². The summed E-state index contributed by atoms with van der Waals surface area (Å²) >= 11 is 5.17. The van der Waals surface area contributed by atoms with Crippen molar-refractivity contribution in [2.75, 3.05) is 21.3 Å². The number of hydrogen-bond acceptors (Lipinski definition) is 5. The van der Waals surface area contributed by atoms with Crippen LogP contribution in [-0.4, -0.2) is 31.3 Å². The summed E-state index contributed by atoms with van der Waals surface area (Å²) in [5.74, 6) is 2.04. The third kappa shape index (κ3) is 3.34. The third-order valence-electron chi connectivity index (χ3n) is 2.72. The highest BCUT2D eigenvalue weighted by Gasteiger charge is 2.07. The van der Waals surface area contributed by atoms with Gasteiger partial charge in [-0.3, -0.25) is 0 Å². The maximum absolute atomic E-state index is 5.25. The Morgan fingerprint density at radius 2 is 1.70 bits per heavy atom. The van der Waals surface area contributed by atoms with Gasteiger partial charge in [0.05, 0.1) is 20.8 Å². The van der Waals surface area contributed by atoms with Gasteiger partial charge in [-0.05, 0) is 18.2 Å². The predicted molar refractivity (Wildman–Crippen MR) is 78.7 cm³/mol. The van der Waals surface area contributed by atoms with Crippen LogP contribution in [0.1, 0.15) is 5.69 Å². The molecule has 0 unspecified atom stereocenters. The number of nitrogens with one attached hydrogen (secondary N) is 1. The van der Waals surface area contributed by atoms with Gasteiger partial charge in [-0.2, -0.15) is 0 Å². The molecule has 0 aliphatic carbocycles. The first kappa shape index (κ1) is 14.5. The number of hydrogen-bond donors (Lipinski definition) is 1. The minimum absolute atomic E-state index is 0.445. The Hall–Kier alpha value is -1.92. The lowest BCUT2D eigenvalue weighted by molar-refractivity contribution is 0.181. The van der Waals surface area contributed by atoms with E-state index in [0.29, 0.717) is 28.6 Å². The monoisotopic (exact) mass is 292 g/mol. The molecule has 1 aromatic heterocycles. The van der Waals surface area contributed by atoms with Crippen LogP contribution in [-0.2, 0) is 11.3 Å². The van der Waals surface area contributed by atoms with Crippen molar-refractivity contribution in [1.82, 2.24) is 9.97 Å². The lowest BCUT2D eigenvalue weighted by atomic mass is 10.2. The van der Waals surface area contributed by atoms with Gasteiger partial charge in [-0.15, -0.1) is 0 Å². The maximum atomic E-state index is 5.25. The van der Waals surface area contributed by atoms with Gasteiger partial charge in [0.25, 0.3) is 0 Å². The summed E-state index contributed by atoms with van der Waals surface area (Å²) < 4.78 is 16.1. The lowest BCUT2D eigenvalue weighted by Gasteiger charge is -2.09. The molecule has 0 aliphatic rings. The highest BCUT2D eigenvalue weighted by molar-refractivity contribution is 7.71. The van der Waals surface area contributed by atoms with Crippen LogP contribution in [0.2, 0.25) is 0 Å². The zero-order valence-electron chi connectivity index (χ0n) is 11.6. The van der Waals surface area contributed by atoms with Crippen molar-refractivity contribution >= 4 is 12.2 Å². The van der Waals surface area contributed by atoms with E-state index in [9.17, 15) is 0 Å². The lowest BCUT2D eigenvalue weighted by Crippen LogP contribution is -1.98. The Balaban J connectivity index is 2.52. The first-order valence-corrected chi connectivity index (χ1v) is 6.39. The molecule has 2 aromatic rings. The van der Waals surface area contributed by atoms with Crippen molar-refractivity contribution in [2.24, 2.45) is 0 Å². The number of aromatic amines is 1. The average molecular weight is 292 g/mol. The number of H-pyrrole nitrogens is 1. The van der Waals surface area contributed by atoms with Gasteiger partial charge in [-0.1, -0.05) is 12.2 Å². The van der Waals surface area contributed by atoms with E-state index >= 15 is 0 Å². The van der Waals surface area contributed by atoms with E-state index < -0.39 is 0 Å². The molecule has 106 valence electrons.